The molecule has 1 atom stereocenters. The molecule has 4 nitrogen and oxygen atoms in total. The zero-order chi connectivity index (χ0) is 10.0. The molecular formula is C8H8ClNO3. The van der Waals surface area contributed by atoms with Crippen molar-refractivity contribution in [2.45, 2.75) is 13.0 Å². The molecule has 1 N–H and O–H groups in total. The second-order valence-electron chi connectivity index (χ2n) is 2.61. The van der Waals surface area contributed by atoms with Crippen LogP contribution in [0.3, 0.4) is 0 Å². The van der Waals surface area contributed by atoms with Crippen LogP contribution in [-0.4, -0.2) is 10.0 Å². The number of nitrogens with zero attached hydrogens (tertiary/aromatic N) is 1. The second-order valence-corrected chi connectivity index (χ2v) is 2.99. The molecule has 0 aliphatic carbocycles. The van der Waals surface area contributed by atoms with Crippen molar-refractivity contribution in [3.63, 3.8) is 0 Å². The van der Waals surface area contributed by atoms with Gasteiger partial charge in [0.1, 0.15) is 5.02 Å². The highest BCUT2D eigenvalue weighted by Crippen LogP contribution is 2.31. The van der Waals surface area contributed by atoms with E-state index in [1.807, 2.05) is 0 Å². The number of aliphatic hydroxyl groups excluding tert-OH is 1. The first-order valence-corrected chi connectivity index (χ1v) is 4.02. The summed E-state index contributed by atoms with van der Waals surface area (Å²) in [5.41, 5.74) is 0.191. The Balaban J connectivity index is 3.26. The van der Waals surface area contributed by atoms with E-state index in [0.29, 0.717) is 5.56 Å². The minimum Gasteiger partial charge on any atom is -0.389 e. The van der Waals surface area contributed by atoms with Gasteiger partial charge in [-0.15, -0.1) is 0 Å². The molecule has 0 heterocycles. The molecule has 1 aromatic carbocycles. The summed E-state index contributed by atoms with van der Waals surface area (Å²) in [4.78, 5) is 9.86. The average Bonchev–Trinajstić information content (AvgIpc) is 2.03. The molecule has 0 amide bonds. The highest BCUT2D eigenvalue weighted by atomic mass is 35.5. The normalized spacial score (nSPS) is 12.5. The molecule has 0 aromatic heterocycles. The van der Waals surface area contributed by atoms with Crippen molar-refractivity contribution in [3.05, 3.63) is 38.9 Å². The van der Waals surface area contributed by atoms with E-state index >= 15 is 0 Å². The van der Waals surface area contributed by atoms with Crippen LogP contribution in [0.15, 0.2) is 18.2 Å². The van der Waals surface area contributed by atoms with Gasteiger partial charge in [-0.25, -0.2) is 0 Å². The summed E-state index contributed by atoms with van der Waals surface area (Å²) in [7, 11) is 0. The molecule has 0 spiro atoms. The Kier molecular flexibility index (Phi) is 2.85. The Morgan fingerprint density at radius 2 is 2.23 bits per heavy atom. The Hall–Kier alpha value is -1.13. The van der Waals surface area contributed by atoms with Gasteiger partial charge in [-0.1, -0.05) is 23.7 Å². The summed E-state index contributed by atoms with van der Waals surface area (Å²) >= 11 is 5.70. The maximum Gasteiger partial charge on any atom is 0.288 e. The van der Waals surface area contributed by atoms with Gasteiger partial charge in [0.25, 0.3) is 5.69 Å². The SMILES string of the molecule is C[C@H](O)c1cccc([N+](=O)[O-])c1Cl. The number of hydrogen-bond acceptors (Lipinski definition) is 3. The van der Waals surface area contributed by atoms with Crippen LogP contribution in [0.1, 0.15) is 18.6 Å². The number of halogens is 1. The lowest BCUT2D eigenvalue weighted by molar-refractivity contribution is -0.384. The number of nitro benzene ring substituents is 1. The lowest BCUT2D eigenvalue weighted by Gasteiger charge is -2.06. The maximum atomic E-state index is 10.4. The molecule has 0 saturated heterocycles. The van der Waals surface area contributed by atoms with Crippen LogP contribution < -0.4 is 0 Å². The molecule has 1 aromatic rings. The minimum atomic E-state index is -0.799. The van der Waals surface area contributed by atoms with Crippen molar-refractivity contribution in [1.29, 1.82) is 0 Å². The van der Waals surface area contributed by atoms with Gasteiger partial charge in [0, 0.05) is 11.6 Å². The van der Waals surface area contributed by atoms with E-state index in [-0.39, 0.29) is 10.7 Å². The van der Waals surface area contributed by atoms with E-state index in [1.165, 1.54) is 19.1 Å². The zero-order valence-corrected chi connectivity index (χ0v) is 7.65. The topological polar surface area (TPSA) is 63.4 Å². The molecule has 13 heavy (non-hydrogen) atoms. The molecule has 0 unspecified atom stereocenters. The van der Waals surface area contributed by atoms with Crippen molar-refractivity contribution < 1.29 is 10.0 Å². The number of aliphatic hydroxyl groups is 1. The molecule has 0 fully saturated rings. The summed E-state index contributed by atoms with van der Waals surface area (Å²) in [6.45, 7) is 1.50. The second kappa shape index (κ2) is 3.72. The van der Waals surface area contributed by atoms with E-state index in [9.17, 15) is 15.2 Å². The van der Waals surface area contributed by atoms with Gasteiger partial charge >= 0.3 is 0 Å². The van der Waals surface area contributed by atoms with Crippen molar-refractivity contribution in [1.82, 2.24) is 0 Å². The first kappa shape index (κ1) is 9.95. The van der Waals surface area contributed by atoms with Crippen molar-refractivity contribution >= 4 is 17.3 Å². The smallest absolute Gasteiger partial charge is 0.288 e. The summed E-state index contributed by atoms with van der Waals surface area (Å²) in [6.07, 6.45) is -0.799. The summed E-state index contributed by atoms with van der Waals surface area (Å²) in [5, 5.41) is 19.6. The molecule has 70 valence electrons. The zero-order valence-electron chi connectivity index (χ0n) is 6.90. The maximum absolute atomic E-state index is 10.4. The van der Waals surface area contributed by atoms with E-state index in [1.54, 1.807) is 6.07 Å². The average molecular weight is 202 g/mol. The minimum absolute atomic E-state index is 0.00231. The molecule has 0 radical (unpaired) electrons. The van der Waals surface area contributed by atoms with Crippen LogP contribution in [0.5, 0.6) is 0 Å². The van der Waals surface area contributed by atoms with Gasteiger partial charge in [0.15, 0.2) is 0 Å². The van der Waals surface area contributed by atoms with Crippen molar-refractivity contribution in [3.8, 4) is 0 Å². The third kappa shape index (κ3) is 1.96. The molecule has 0 saturated carbocycles. The summed E-state index contributed by atoms with van der Waals surface area (Å²) in [6, 6.07) is 4.35. The first-order chi connectivity index (χ1) is 6.04. The largest absolute Gasteiger partial charge is 0.389 e. The van der Waals surface area contributed by atoms with Crippen LogP contribution in [-0.2, 0) is 0 Å². The Bertz CT molecular complexity index is 338. The fourth-order valence-electron chi connectivity index (χ4n) is 1.00. The molecular weight excluding hydrogens is 194 g/mol. The van der Waals surface area contributed by atoms with Crippen LogP contribution in [0, 0.1) is 10.1 Å². The van der Waals surface area contributed by atoms with Crippen LogP contribution in [0.4, 0.5) is 5.69 Å². The molecule has 0 aliphatic heterocycles. The molecule has 0 bridgehead atoms. The van der Waals surface area contributed by atoms with Gasteiger partial charge in [0.05, 0.1) is 11.0 Å². The predicted molar refractivity (Wildman–Crippen MR) is 48.7 cm³/mol. The molecule has 1 rings (SSSR count). The van der Waals surface area contributed by atoms with E-state index in [0.717, 1.165) is 0 Å². The number of rotatable bonds is 2. The van der Waals surface area contributed by atoms with Crippen molar-refractivity contribution in [2.24, 2.45) is 0 Å². The standard InChI is InChI=1S/C8H8ClNO3/c1-5(11)6-3-2-4-7(8(6)9)10(12)13/h2-5,11H,1H3/t5-/m0/s1. The van der Waals surface area contributed by atoms with Crippen LogP contribution in [0.2, 0.25) is 5.02 Å². The number of benzene rings is 1. The van der Waals surface area contributed by atoms with Crippen LogP contribution >= 0.6 is 11.6 Å². The Morgan fingerprint density at radius 1 is 1.62 bits per heavy atom. The van der Waals surface area contributed by atoms with Gasteiger partial charge < -0.3 is 5.11 Å². The Morgan fingerprint density at radius 3 is 2.69 bits per heavy atom. The molecule has 5 heteroatoms. The lowest BCUT2D eigenvalue weighted by atomic mass is 10.1. The fourth-order valence-corrected chi connectivity index (χ4v) is 1.35. The monoisotopic (exact) mass is 201 g/mol. The van der Waals surface area contributed by atoms with E-state index in [2.05, 4.69) is 0 Å². The quantitative estimate of drug-likeness (QED) is 0.590. The third-order valence-electron chi connectivity index (χ3n) is 1.65. The number of nitro groups is 1. The number of hydrogen-bond donors (Lipinski definition) is 1. The van der Waals surface area contributed by atoms with E-state index in [4.69, 9.17) is 11.6 Å². The van der Waals surface area contributed by atoms with Crippen molar-refractivity contribution in [2.75, 3.05) is 0 Å². The van der Waals surface area contributed by atoms with Gasteiger partial charge in [-0.2, -0.15) is 0 Å². The summed E-state index contributed by atoms with van der Waals surface area (Å²) < 4.78 is 0. The van der Waals surface area contributed by atoms with Gasteiger partial charge in [-0.05, 0) is 6.92 Å². The van der Waals surface area contributed by atoms with Gasteiger partial charge in [-0.3, -0.25) is 10.1 Å². The first-order valence-electron chi connectivity index (χ1n) is 3.65. The predicted octanol–water partition coefficient (Wildman–Crippen LogP) is 2.30. The van der Waals surface area contributed by atoms with Crippen LogP contribution in [0.25, 0.3) is 0 Å². The fraction of sp³-hybridized carbons (Fsp3) is 0.250. The van der Waals surface area contributed by atoms with Gasteiger partial charge in [0.2, 0.25) is 0 Å². The van der Waals surface area contributed by atoms with E-state index < -0.39 is 11.0 Å². The highest BCUT2D eigenvalue weighted by molar-refractivity contribution is 6.33. The Labute approximate surface area is 79.9 Å². The lowest BCUT2D eigenvalue weighted by Crippen LogP contribution is -1.96. The third-order valence-corrected chi connectivity index (χ3v) is 2.07. The highest BCUT2D eigenvalue weighted by Gasteiger charge is 2.17. The summed E-state index contributed by atoms with van der Waals surface area (Å²) in [5.74, 6) is 0. The molecule has 0 aliphatic rings.